The van der Waals surface area contributed by atoms with E-state index in [2.05, 4.69) is 5.32 Å². The third-order valence-electron chi connectivity index (χ3n) is 3.42. The van der Waals surface area contributed by atoms with Crippen LogP contribution in [0.2, 0.25) is 0 Å². The van der Waals surface area contributed by atoms with Gasteiger partial charge < -0.3 is 16.2 Å². The first-order chi connectivity index (χ1) is 8.92. The minimum absolute atomic E-state index is 0.120. The number of nitrogen functional groups attached to an aromatic ring is 1. The number of hydrogen-bond donors (Lipinski definition) is 3. The van der Waals surface area contributed by atoms with Gasteiger partial charge in [0.05, 0.1) is 17.5 Å². The molecule has 1 aromatic carbocycles. The number of anilines is 1. The molecule has 0 heterocycles. The summed E-state index contributed by atoms with van der Waals surface area (Å²) in [6, 6.07) is 3.80. The lowest BCUT2D eigenvalue weighted by Gasteiger charge is -2.41. The van der Waals surface area contributed by atoms with Crippen LogP contribution in [0.1, 0.15) is 36.0 Å². The van der Waals surface area contributed by atoms with Crippen LogP contribution >= 0.6 is 0 Å². The molecule has 4 N–H and O–H groups in total. The van der Waals surface area contributed by atoms with E-state index in [1.54, 1.807) is 0 Å². The smallest absolute Gasteiger partial charge is 0.305 e. The molecule has 5 nitrogen and oxygen atoms in total. The summed E-state index contributed by atoms with van der Waals surface area (Å²) in [5.41, 5.74) is 4.78. The SMILES string of the molecule is Nc1ccc(C(=O)NC2(CC(=O)O)CCC2)c(F)c1. The molecule has 1 saturated carbocycles. The van der Waals surface area contributed by atoms with Crippen molar-refractivity contribution in [1.82, 2.24) is 5.32 Å². The Balaban J connectivity index is 2.13. The van der Waals surface area contributed by atoms with Gasteiger partial charge in [-0.1, -0.05) is 0 Å². The van der Waals surface area contributed by atoms with Crippen LogP contribution in [0.4, 0.5) is 10.1 Å². The number of carbonyl (C=O) groups excluding carboxylic acids is 1. The first-order valence-electron chi connectivity index (χ1n) is 6.01. The first-order valence-corrected chi connectivity index (χ1v) is 6.01. The van der Waals surface area contributed by atoms with Crippen molar-refractivity contribution in [2.45, 2.75) is 31.2 Å². The second kappa shape index (κ2) is 4.87. The fourth-order valence-electron chi connectivity index (χ4n) is 2.26. The predicted octanol–water partition coefficient (Wildman–Crippen LogP) is 1.54. The van der Waals surface area contributed by atoms with Gasteiger partial charge in [0.1, 0.15) is 5.82 Å². The van der Waals surface area contributed by atoms with Crippen LogP contribution < -0.4 is 11.1 Å². The third kappa shape index (κ3) is 2.83. The number of carboxylic acids is 1. The van der Waals surface area contributed by atoms with Gasteiger partial charge in [-0.2, -0.15) is 0 Å². The monoisotopic (exact) mass is 266 g/mol. The summed E-state index contributed by atoms with van der Waals surface area (Å²) in [6.45, 7) is 0. The molecule has 1 amide bonds. The van der Waals surface area contributed by atoms with E-state index in [0.29, 0.717) is 12.8 Å². The van der Waals surface area contributed by atoms with Crippen LogP contribution in [-0.2, 0) is 4.79 Å². The molecular formula is C13H15FN2O3. The highest BCUT2D eigenvalue weighted by atomic mass is 19.1. The van der Waals surface area contributed by atoms with Crippen molar-refractivity contribution in [2.75, 3.05) is 5.73 Å². The van der Waals surface area contributed by atoms with Crippen LogP contribution in [-0.4, -0.2) is 22.5 Å². The lowest BCUT2D eigenvalue weighted by Crippen LogP contribution is -2.54. The highest BCUT2D eigenvalue weighted by Crippen LogP contribution is 2.35. The Morgan fingerprint density at radius 2 is 2.11 bits per heavy atom. The Hall–Kier alpha value is -2.11. The Morgan fingerprint density at radius 3 is 2.58 bits per heavy atom. The summed E-state index contributed by atoms with van der Waals surface area (Å²) in [5.74, 6) is -2.28. The van der Waals surface area contributed by atoms with E-state index >= 15 is 0 Å². The van der Waals surface area contributed by atoms with Crippen LogP contribution in [0, 0.1) is 5.82 Å². The van der Waals surface area contributed by atoms with Gasteiger partial charge in [-0.25, -0.2) is 4.39 Å². The number of halogens is 1. The van der Waals surface area contributed by atoms with Gasteiger partial charge in [-0.05, 0) is 37.5 Å². The Labute approximate surface area is 109 Å². The van der Waals surface area contributed by atoms with Crippen molar-refractivity contribution >= 4 is 17.6 Å². The molecule has 1 fully saturated rings. The zero-order valence-corrected chi connectivity index (χ0v) is 10.3. The molecule has 19 heavy (non-hydrogen) atoms. The number of aliphatic carboxylic acids is 1. The van der Waals surface area contributed by atoms with E-state index in [9.17, 15) is 14.0 Å². The first kappa shape index (κ1) is 13.3. The number of nitrogens with one attached hydrogen (secondary N) is 1. The summed E-state index contributed by atoms with van der Waals surface area (Å²) in [4.78, 5) is 22.8. The molecule has 0 bridgehead atoms. The van der Waals surface area contributed by atoms with Gasteiger partial charge in [0, 0.05) is 5.69 Å². The molecule has 0 aliphatic heterocycles. The third-order valence-corrected chi connectivity index (χ3v) is 3.42. The molecule has 0 radical (unpaired) electrons. The maximum absolute atomic E-state index is 13.6. The maximum Gasteiger partial charge on any atom is 0.305 e. The maximum atomic E-state index is 13.6. The van der Waals surface area contributed by atoms with Gasteiger partial charge >= 0.3 is 5.97 Å². The number of hydrogen-bond acceptors (Lipinski definition) is 3. The fourth-order valence-corrected chi connectivity index (χ4v) is 2.26. The fraction of sp³-hybridized carbons (Fsp3) is 0.385. The average Bonchev–Trinajstić information content (AvgIpc) is 2.25. The summed E-state index contributed by atoms with van der Waals surface area (Å²) in [5, 5.41) is 11.5. The molecular weight excluding hydrogens is 251 g/mol. The standard InChI is InChI=1S/C13H15FN2O3/c14-10-6-8(15)2-3-9(10)12(19)16-13(4-1-5-13)7-11(17)18/h2-3,6H,1,4-5,7,15H2,(H,16,19)(H,17,18). The number of carbonyl (C=O) groups is 2. The Bertz CT molecular complexity index is 527. The molecule has 1 aliphatic carbocycles. The van der Waals surface area contributed by atoms with Crippen molar-refractivity contribution < 1.29 is 19.1 Å². The average molecular weight is 266 g/mol. The highest BCUT2D eigenvalue weighted by molar-refractivity contribution is 5.95. The zero-order valence-electron chi connectivity index (χ0n) is 10.3. The van der Waals surface area contributed by atoms with Crippen molar-refractivity contribution in [2.24, 2.45) is 0 Å². The van der Waals surface area contributed by atoms with Gasteiger partial charge in [0.25, 0.3) is 5.91 Å². The molecule has 2 rings (SSSR count). The largest absolute Gasteiger partial charge is 0.481 e. The normalized spacial score (nSPS) is 16.5. The number of rotatable bonds is 4. The van der Waals surface area contributed by atoms with Crippen LogP contribution in [0.3, 0.4) is 0 Å². The van der Waals surface area contributed by atoms with E-state index in [4.69, 9.17) is 10.8 Å². The van der Waals surface area contributed by atoms with Gasteiger partial charge in [0.2, 0.25) is 0 Å². The molecule has 0 saturated heterocycles. The lowest BCUT2D eigenvalue weighted by molar-refractivity contribution is -0.139. The van der Waals surface area contributed by atoms with Gasteiger partial charge in [-0.15, -0.1) is 0 Å². The van der Waals surface area contributed by atoms with E-state index < -0.39 is 23.2 Å². The Morgan fingerprint density at radius 1 is 1.42 bits per heavy atom. The van der Waals surface area contributed by atoms with Crippen molar-refractivity contribution in [1.29, 1.82) is 0 Å². The van der Waals surface area contributed by atoms with Crippen LogP contribution in [0.5, 0.6) is 0 Å². The van der Waals surface area contributed by atoms with Crippen molar-refractivity contribution in [3.8, 4) is 0 Å². The number of carboxylic acid groups (broad SMARTS) is 1. The van der Waals surface area contributed by atoms with Crippen molar-refractivity contribution in [3.63, 3.8) is 0 Å². The van der Waals surface area contributed by atoms with Crippen molar-refractivity contribution in [3.05, 3.63) is 29.6 Å². The molecule has 102 valence electrons. The van der Waals surface area contributed by atoms with E-state index in [0.717, 1.165) is 12.5 Å². The summed E-state index contributed by atoms with van der Waals surface area (Å²) < 4.78 is 13.6. The molecule has 1 aromatic rings. The lowest BCUT2D eigenvalue weighted by atomic mass is 9.74. The van der Waals surface area contributed by atoms with Crippen LogP contribution in [0.25, 0.3) is 0 Å². The zero-order chi connectivity index (χ0) is 14.0. The quantitative estimate of drug-likeness (QED) is 0.721. The number of amides is 1. The van der Waals surface area contributed by atoms with Crippen LogP contribution in [0.15, 0.2) is 18.2 Å². The molecule has 0 atom stereocenters. The highest BCUT2D eigenvalue weighted by Gasteiger charge is 2.40. The summed E-state index contributed by atoms with van der Waals surface area (Å²) in [7, 11) is 0. The molecule has 0 spiro atoms. The minimum atomic E-state index is -0.974. The van der Waals surface area contributed by atoms with E-state index in [-0.39, 0.29) is 17.7 Å². The van der Waals surface area contributed by atoms with Gasteiger partial charge in [-0.3, -0.25) is 9.59 Å². The minimum Gasteiger partial charge on any atom is -0.481 e. The topological polar surface area (TPSA) is 92.4 Å². The molecule has 6 heteroatoms. The van der Waals surface area contributed by atoms with E-state index in [1.807, 2.05) is 0 Å². The molecule has 0 aromatic heterocycles. The summed E-state index contributed by atoms with van der Waals surface area (Å²) in [6.07, 6.45) is 1.91. The molecule has 0 unspecified atom stereocenters. The second-order valence-corrected chi connectivity index (χ2v) is 4.90. The Kier molecular flexibility index (Phi) is 3.42. The predicted molar refractivity (Wildman–Crippen MR) is 67.1 cm³/mol. The second-order valence-electron chi connectivity index (χ2n) is 4.90. The van der Waals surface area contributed by atoms with Gasteiger partial charge in [0.15, 0.2) is 0 Å². The summed E-state index contributed by atoms with van der Waals surface area (Å²) >= 11 is 0. The number of benzene rings is 1. The van der Waals surface area contributed by atoms with E-state index in [1.165, 1.54) is 12.1 Å². The molecule has 1 aliphatic rings. The number of nitrogens with two attached hydrogens (primary N) is 1.